The summed E-state index contributed by atoms with van der Waals surface area (Å²) in [6.07, 6.45) is 14.7. The predicted molar refractivity (Wildman–Crippen MR) is 108 cm³/mol. The van der Waals surface area contributed by atoms with Crippen molar-refractivity contribution in [2.45, 2.75) is 39.0 Å². The minimum atomic E-state index is 0.394. The minimum absolute atomic E-state index is 0.394. The van der Waals surface area contributed by atoms with Crippen LogP contribution in [0.1, 0.15) is 42.9 Å². The molecular weight excluding hydrogens is 318 g/mol. The number of benzene rings is 1. The number of aromatic nitrogens is 1. The molecule has 2 unspecified atom stereocenters. The van der Waals surface area contributed by atoms with Crippen LogP contribution in [0.4, 0.5) is 5.69 Å². The molecule has 3 nitrogen and oxygen atoms in total. The molecule has 0 amide bonds. The van der Waals surface area contributed by atoms with E-state index in [2.05, 4.69) is 60.0 Å². The van der Waals surface area contributed by atoms with Gasteiger partial charge in [-0.2, -0.15) is 0 Å². The van der Waals surface area contributed by atoms with E-state index in [1.165, 1.54) is 65.0 Å². The number of anilines is 1. The maximum Gasteiger partial charge on any atom is 0.0710 e. The van der Waals surface area contributed by atoms with Gasteiger partial charge in [0.05, 0.1) is 11.4 Å². The topological polar surface area (TPSA) is 40.2 Å². The van der Waals surface area contributed by atoms with Crippen LogP contribution in [0.3, 0.4) is 0 Å². The highest BCUT2D eigenvalue weighted by molar-refractivity contribution is 6.13. The third-order valence-electron chi connectivity index (χ3n) is 5.94. The first-order valence-corrected chi connectivity index (χ1v) is 9.80. The van der Waals surface area contributed by atoms with Crippen molar-refractivity contribution >= 4 is 17.0 Å². The second-order valence-corrected chi connectivity index (χ2v) is 7.86. The average Bonchev–Trinajstić information content (AvgIpc) is 3.31. The van der Waals surface area contributed by atoms with Gasteiger partial charge in [-0.25, -0.2) is 0 Å². The normalized spacial score (nSPS) is 24.3. The molecule has 0 radical (unpaired) electrons. The molecule has 2 atom stereocenters. The summed E-state index contributed by atoms with van der Waals surface area (Å²) >= 11 is 0. The zero-order chi connectivity index (χ0) is 17.5. The maximum atomic E-state index is 4.80. The minimum Gasteiger partial charge on any atom is -0.367 e. The Kier molecular flexibility index (Phi) is 3.81. The fourth-order valence-corrected chi connectivity index (χ4v) is 4.62. The molecule has 2 aliphatic carbocycles. The van der Waals surface area contributed by atoms with Gasteiger partial charge in [0.25, 0.3) is 0 Å². The van der Waals surface area contributed by atoms with Gasteiger partial charge in [0, 0.05) is 30.2 Å². The number of allylic oxidation sites excluding steroid dienone is 3. The van der Waals surface area contributed by atoms with Crippen molar-refractivity contribution in [2.24, 2.45) is 16.8 Å². The van der Waals surface area contributed by atoms with E-state index in [9.17, 15) is 0 Å². The molecule has 2 N–H and O–H groups in total. The largest absolute Gasteiger partial charge is 0.367 e. The number of H-pyrrole nitrogens is 1. The van der Waals surface area contributed by atoms with E-state index in [1.54, 1.807) is 0 Å². The van der Waals surface area contributed by atoms with E-state index >= 15 is 0 Å². The average molecular weight is 343 g/mol. The molecule has 132 valence electrons. The number of nitrogens with one attached hydrogen (secondary N) is 2. The van der Waals surface area contributed by atoms with E-state index < -0.39 is 0 Å². The molecule has 0 spiro atoms. The summed E-state index contributed by atoms with van der Waals surface area (Å²) in [5.74, 6) is 0.936. The lowest BCUT2D eigenvalue weighted by atomic mass is 9.79. The van der Waals surface area contributed by atoms with Crippen LogP contribution in [0.25, 0.3) is 5.57 Å². The van der Waals surface area contributed by atoms with E-state index in [-0.39, 0.29) is 0 Å². The predicted octanol–water partition coefficient (Wildman–Crippen LogP) is 5.34. The Hall–Kier alpha value is -2.55. The fourth-order valence-electron chi connectivity index (χ4n) is 4.62. The summed E-state index contributed by atoms with van der Waals surface area (Å²) in [5, 5.41) is 3.69. The number of nitrogens with zero attached hydrogens (tertiary/aromatic N) is 1. The van der Waals surface area contributed by atoms with Crippen molar-refractivity contribution in [1.82, 2.24) is 4.98 Å². The molecule has 1 aromatic heterocycles. The van der Waals surface area contributed by atoms with Crippen molar-refractivity contribution in [3.8, 4) is 0 Å². The van der Waals surface area contributed by atoms with Gasteiger partial charge in [-0.05, 0) is 78.5 Å². The van der Waals surface area contributed by atoms with Gasteiger partial charge in [0.2, 0.25) is 0 Å². The molecule has 0 saturated carbocycles. The smallest absolute Gasteiger partial charge is 0.0710 e. The first kappa shape index (κ1) is 15.7. The lowest BCUT2D eigenvalue weighted by Gasteiger charge is -2.28. The van der Waals surface area contributed by atoms with Crippen LogP contribution in [0.5, 0.6) is 0 Å². The summed E-state index contributed by atoms with van der Waals surface area (Å²) < 4.78 is 0. The van der Waals surface area contributed by atoms with Gasteiger partial charge in [-0.1, -0.05) is 19.1 Å². The standard InChI is InChI=1S/C23H25N3/c1-15-10-20-21(18-8-9-24-13-18)14-25-23(20)22(11-15)26-19-7-6-16-4-2-3-5-17(16)12-19/h6-9,11-15,20,24,26H,2-5,10H2,1H3. The van der Waals surface area contributed by atoms with Gasteiger partial charge in [-0.3, -0.25) is 4.99 Å². The molecule has 3 aliphatic rings. The number of aliphatic imine (C=N–C) groups is 1. The van der Waals surface area contributed by atoms with Crippen LogP contribution in [-0.2, 0) is 12.8 Å². The highest BCUT2D eigenvalue weighted by atomic mass is 14.9. The summed E-state index contributed by atoms with van der Waals surface area (Å²) in [7, 11) is 0. The third kappa shape index (κ3) is 2.72. The molecule has 2 heterocycles. The van der Waals surface area contributed by atoms with Gasteiger partial charge in [0.15, 0.2) is 0 Å². The summed E-state index contributed by atoms with van der Waals surface area (Å²) in [6.45, 7) is 2.30. The molecule has 5 rings (SSSR count). The number of rotatable bonds is 3. The molecule has 0 fully saturated rings. The van der Waals surface area contributed by atoms with Gasteiger partial charge in [0.1, 0.15) is 0 Å². The quantitative estimate of drug-likeness (QED) is 0.776. The van der Waals surface area contributed by atoms with Gasteiger partial charge in [-0.15, -0.1) is 0 Å². The van der Waals surface area contributed by atoms with E-state index in [0.717, 1.165) is 6.42 Å². The number of aromatic amines is 1. The van der Waals surface area contributed by atoms with Crippen molar-refractivity contribution < 1.29 is 0 Å². The van der Waals surface area contributed by atoms with E-state index in [4.69, 9.17) is 4.99 Å². The zero-order valence-corrected chi connectivity index (χ0v) is 15.3. The Bertz CT molecular complexity index is 915. The Morgan fingerprint density at radius 3 is 2.85 bits per heavy atom. The summed E-state index contributed by atoms with van der Waals surface area (Å²) in [4.78, 5) is 7.98. The van der Waals surface area contributed by atoms with Crippen LogP contribution >= 0.6 is 0 Å². The number of hydrogen-bond donors (Lipinski definition) is 2. The Morgan fingerprint density at radius 1 is 1.12 bits per heavy atom. The lowest BCUT2D eigenvalue weighted by Crippen LogP contribution is -2.26. The lowest BCUT2D eigenvalue weighted by molar-refractivity contribution is 0.597. The van der Waals surface area contributed by atoms with Crippen molar-refractivity contribution in [3.63, 3.8) is 0 Å². The fraction of sp³-hybridized carbons (Fsp3) is 0.348. The second kappa shape index (κ2) is 6.31. The Labute approximate surface area is 154 Å². The highest BCUT2D eigenvalue weighted by Crippen LogP contribution is 2.40. The van der Waals surface area contributed by atoms with Crippen molar-refractivity contribution in [1.29, 1.82) is 0 Å². The SMILES string of the molecule is CC1C=C(Nc2ccc3c(c2)CCCC3)C2=NC=C(c3cc[nH]c3)C2C1. The van der Waals surface area contributed by atoms with Crippen molar-refractivity contribution in [3.05, 3.63) is 71.3 Å². The van der Waals surface area contributed by atoms with Gasteiger partial charge < -0.3 is 10.3 Å². The molecule has 2 aromatic rings. The first-order valence-electron chi connectivity index (χ1n) is 9.80. The highest BCUT2D eigenvalue weighted by Gasteiger charge is 2.33. The van der Waals surface area contributed by atoms with Gasteiger partial charge >= 0.3 is 0 Å². The zero-order valence-electron chi connectivity index (χ0n) is 15.3. The van der Waals surface area contributed by atoms with Crippen LogP contribution in [0.2, 0.25) is 0 Å². The summed E-state index contributed by atoms with van der Waals surface area (Å²) in [6, 6.07) is 9.03. The molecular formula is C23H25N3. The molecule has 3 heteroatoms. The van der Waals surface area contributed by atoms with Crippen LogP contribution in [-0.4, -0.2) is 10.7 Å². The molecule has 0 saturated heterocycles. The molecule has 0 bridgehead atoms. The van der Waals surface area contributed by atoms with Crippen LogP contribution in [0, 0.1) is 11.8 Å². The number of hydrogen-bond acceptors (Lipinski definition) is 2. The third-order valence-corrected chi connectivity index (χ3v) is 5.94. The van der Waals surface area contributed by atoms with E-state index in [0.29, 0.717) is 11.8 Å². The first-order chi connectivity index (χ1) is 12.8. The van der Waals surface area contributed by atoms with Crippen LogP contribution in [0.15, 0.2) is 59.6 Å². The number of aryl methyl sites for hydroxylation is 2. The molecule has 1 aliphatic heterocycles. The van der Waals surface area contributed by atoms with Crippen LogP contribution < -0.4 is 5.32 Å². The van der Waals surface area contributed by atoms with Crippen molar-refractivity contribution in [2.75, 3.05) is 5.32 Å². The molecule has 1 aromatic carbocycles. The Morgan fingerprint density at radius 2 is 2.00 bits per heavy atom. The summed E-state index contributed by atoms with van der Waals surface area (Å²) in [5.41, 5.74) is 9.22. The number of fused-ring (bicyclic) bond motifs is 2. The Balaban J connectivity index is 1.41. The monoisotopic (exact) mass is 343 g/mol. The van der Waals surface area contributed by atoms with E-state index in [1.807, 2.05) is 6.20 Å². The second-order valence-electron chi connectivity index (χ2n) is 7.86. The maximum absolute atomic E-state index is 4.80. The molecule has 26 heavy (non-hydrogen) atoms.